The molecule has 0 nitrogen and oxygen atoms in total. The molecule has 0 aliphatic heterocycles. The molecule has 0 fully saturated rings. The van der Waals surface area contributed by atoms with E-state index in [4.69, 9.17) is 0 Å². The summed E-state index contributed by atoms with van der Waals surface area (Å²) < 4.78 is 0. The Morgan fingerprint density at radius 1 is 0.567 bits per heavy atom. The van der Waals surface area contributed by atoms with Crippen LogP contribution in [-0.4, -0.2) is 0 Å². The number of hydrogen-bond acceptors (Lipinski definition) is 0. The molecule has 162 valence electrons. The normalized spacial score (nSPS) is 10.1. The monoisotopic (exact) mass is 556 g/mol. The zero-order valence-electron chi connectivity index (χ0n) is 20.8. The van der Waals surface area contributed by atoms with Crippen molar-refractivity contribution >= 4 is 10.8 Å². The van der Waals surface area contributed by atoms with Crippen LogP contribution < -0.4 is 0 Å². The van der Waals surface area contributed by atoms with E-state index in [1.807, 2.05) is 27.7 Å². The average molecular weight is 556 g/mol. The largest absolute Gasteiger partial charge is 0.358 e. The van der Waals surface area contributed by atoms with Crippen LogP contribution in [0.15, 0.2) is 60.7 Å². The quantitative estimate of drug-likeness (QED) is 0.243. The molecule has 1 aliphatic rings. The van der Waals surface area contributed by atoms with Crippen molar-refractivity contribution in [3.8, 4) is 0 Å². The van der Waals surface area contributed by atoms with Gasteiger partial charge in [-0.15, -0.1) is 0 Å². The molecule has 0 spiro atoms. The Bertz CT molecular complexity index is 773. The predicted molar refractivity (Wildman–Crippen MR) is 132 cm³/mol. The molecule has 1 aliphatic carbocycles. The molecule has 0 N–H and O–H groups in total. The van der Waals surface area contributed by atoms with Gasteiger partial charge in [0.25, 0.3) is 0 Å². The Kier molecular flexibility index (Phi) is 27.9. The molecule has 0 unspecified atom stereocenters. The average Bonchev–Trinajstić information content (AvgIpc) is 2.72. The maximum Gasteiger partial charge on any atom is 0 e. The first-order chi connectivity index (χ1) is 12.8. The van der Waals surface area contributed by atoms with E-state index < -0.39 is 0 Å². The van der Waals surface area contributed by atoms with Crippen LogP contribution in [0, 0.1) is 28.7 Å². The SMILES string of the molecule is CC.CC.Cc1cccc2c1CCCC2.Cc1cccc2ccccc12.[CH3-].[CH3-].[Y].[Y]. The van der Waals surface area contributed by atoms with Gasteiger partial charge in [-0.25, -0.2) is 0 Å². The van der Waals surface area contributed by atoms with Crippen molar-refractivity contribution in [2.45, 2.75) is 67.2 Å². The van der Waals surface area contributed by atoms with Crippen LogP contribution in [-0.2, 0) is 78.3 Å². The second kappa shape index (κ2) is 22.3. The molecular formula is C28H42Y2-2. The molecule has 30 heavy (non-hydrogen) atoms. The number of aryl methyl sites for hydroxylation is 3. The molecule has 0 aromatic heterocycles. The van der Waals surface area contributed by atoms with Gasteiger partial charge >= 0.3 is 0 Å². The van der Waals surface area contributed by atoms with Crippen LogP contribution in [0.2, 0.25) is 0 Å². The van der Waals surface area contributed by atoms with E-state index in [0.717, 1.165) is 0 Å². The standard InChI is InChI=1S/C11H14.C11H10.2C2H6.2CH3.2Y/c2*1-9-5-4-7-10-6-2-3-8-11(9)10;2*1-2;;;;/h4-5,7H,2-3,6,8H2,1H3;2-8H,1H3;2*1-2H3;2*1H3;;/q;;;;2*-1;;. The molecule has 0 amide bonds. The third-order valence-electron chi connectivity index (χ3n) is 4.64. The summed E-state index contributed by atoms with van der Waals surface area (Å²) in [5.41, 5.74) is 6.06. The first-order valence-corrected chi connectivity index (χ1v) is 10.3. The summed E-state index contributed by atoms with van der Waals surface area (Å²) in [6.45, 7) is 12.4. The van der Waals surface area contributed by atoms with Gasteiger partial charge in [-0.1, -0.05) is 88.4 Å². The Morgan fingerprint density at radius 2 is 1.07 bits per heavy atom. The summed E-state index contributed by atoms with van der Waals surface area (Å²) in [5, 5.41) is 2.68. The van der Waals surface area contributed by atoms with Crippen LogP contribution >= 0.6 is 0 Å². The minimum absolute atomic E-state index is 0. The zero-order valence-corrected chi connectivity index (χ0v) is 26.4. The third kappa shape index (κ3) is 11.7. The van der Waals surface area contributed by atoms with Crippen molar-refractivity contribution in [2.75, 3.05) is 0 Å². The number of benzene rings is 3. The van der Waals surface area contributed by atoms with Crippen LogP contribution in [0.25, 0.3) is 10.8 Å². The van der Waals surface area contributed by atoms with E-state index in [9.17, 15) is 0 Å². The summed E-state index contributed by atoms with van der Waals surface area (Å²) in [4.78, 5) is 0. The smallest absolute Gasteiger partial charge is 0 e. The minimum atomic E-state index is 0. The summed E-state index contributed by atoms with van der Waals surface area (Å²) >= 11 is 0. The van der Waals surface area contributed by atoms with Gasteiger partial charge in [-0.3, -0.25) is 0 Å². The first kappa shape index (κ1) is 37.4. The second-order valence-corrected chi connectivity index (χ2v) is 6.22. The van der Waals surface area contributed by atoms with Crippen LogP contribution in [0.5, 0.6) is 0 Å². The van der Waals surface area contributed by atoms with E-state index in [2.05, 4.69) is 74.5 Å². The maximum absolute atomic E-state index is 2.28. The van der Waals surface area contributed by atoms with Crippen LogP contribution in [0.4, 0.5) is 0 Å². The van der Waals surface area contributed by atoms with E-state index in [1.165, 1.54) is 47.6 Å². The third-order valence-corrected chi connectivity index (χ3v) is 4.64. The van der Waals surface area contributed by atoms with Crippen LogP contribution in [0.3, 0.4) is 0 Å². The van der Waals surface area contributed by atoms with E-state index >= 15 is 0 Å². The minimum Gasteiger partial charge on any atom is -0.358 e. The summed E-state index contributed by atoms with van der Waals surface area (Å²) in [5.74, 6) is 0. The van der Waals surface area contributed by atoms with Crippen molar-refractivity contribution in [2.24, 2.45) is 0 Å². The van der Waals surface area contributed by atoms with E-state index in [0.29, 0.717) is 0 Å². The second-order valence-electron chi connectivity index (χ2n) is 6.22. The summed E-state index contributed by atoms with van der Waals surface area (Å²) in [6.07, 6.45) is 5.38. The Labute approximate surface area is 238 Å². The Hall–Kier alpha value is 0.128. The van der Waals surface area contributed by atoms with Gasteiger partial charge in [0.1, 0.15) is 0 Å². The number of hydrogen-bond donors (Lipinski definition) is 0. The van der Waals surface area contributed by atoms with Gasteiger partial charge in [-0.2, -0.15) is 0 Å². The fourth-order valence-electron chi connectivity index (χ4n) is 3.36. The molecule has 3 aromatic carbocycles. The molecule has 0 saturated heterocycles. The molecule has 2 radical (unpaired) electrons. The van der Waals surface area contributed by atoms with E-state index in [1.54, 1.807) is 11.1 Å². The topological polar surface area (TPSA) is 0 Å². The first-order valence-electron chi connectivity index (χ1n) is 10.3. The maximum atomic E-state index is 2.28. The predicted octanol–water partition coefficient (Wildman–Crippen LogP) is 8.97. The van der Waals surface area contributed by atoms with Crippen LogP contribution in [0.1, 0.15) is 62.8 Å². The summed E-state index contributed by atoms with van der Waals surface area (Å²) in [7, 11) is 0. The molecule has 2 heteroatoms. The van der Waals surface area contributed by atoms with Gasteiger partial charge in [0, 0.05) is 65.4 Å². The zero-order chi connectivity index (χ0) is 19.4. The fourth-order valence-corrected chi connectivity index (χ4v) is 3.36. The fraction of sp³-hybridized carbons (Fsp3) is 0.357. The van der Waals surface area contributed by atoms with Gasteiger partial charge in [0.2, 0.25) is 0 Å². The van der Waals surface area contributed by atoms with Crippen molar-refractivity contribution in [1.82, 2.24) is 0 Å². The molecule has 3 aromatic rings. The molecule has 0 heterocycles. The summed E-state index contributed by atoms with van der Waals surface area (Å²) in [6, 6.07) is 21.5. The number of rotatable bonds is 0. The van der Waals surface area contributed by atoms with Crippen molar-refractivity contribution in [3.63, 3.8) is 0 Å². The van der Waals surface area contributed by atoms with Gasteiger partial charge in [0.05, 0.1) is 0 Å². The number of fused-ring (bicyclic) bond motifs is 2. The Morgan fingerprint density at radius 3 is 1.67 bits per heavy atom. The van der Waals surface area contributed by atoms with Gasteiger partial charge in [-0.05, 0) is 72.6 Å². The van der Waals surface area contributed by atoms with Crippen molar-refractivity contribution < 1.29 is 65.4 Å². The molecular weight excluding hydrogens is 514 g/mol. The van der Waals surface area contributed by atoms with Crippen molar-refractivity contribution in [1.29, 1.82) is 0 Å². The molecule has 0 atom stereocenters. The van der Waals surface area contributed by atoms with Gasteiger partial charge < -0.3 is 14.9 Å². The van der Waals surface area contributed by atoms with E-state index in [-0.39, 0.29) is 80.3 Å². The van der Waals surface area contributed by atoms with Gasteiger partial charge in [0.15, 0.2) is 0 Å². The van der Waals surface area contributed by atoms with Crippen molar-refractivity contribution in [3.05, 3.63) is 97.8 Å². The molecule has 0 saturated carbocycles. The Balaban J connectivity index is -0.000000173. The molecule has 4 rings (SSSR count). The molecule has 0 bridgehead atoms.